The third-order valence-corrected chi connectivity index (χ3v) is 2.61. The molecule has 2 aliphatic heterocycles. The Kier molecular flexibility index (Phi) is 1.91. The molecule has 2 heteroatoms. The lowest BCUT2D eigenvalue weighted by molar-refractivity contribution is -0.153. The number of hydrogen-bond acceptors (Lipinski definition) is 2. The van der Waals surface area contributed by atoms with Crippen LogP contribution < -0.4 is 0 Å². The lowest BCUT2D eigenvalue weighted by atomic mass is 9.98. The Balaban J connectivity index is 2.01. The maximum absolute atomic E-state index is 5.51. The average Bonchev–Trinajstić information content (AvgIpc) is 2.17. The number of fused-ring (bicyclic) bond motifs is 3. The molecule has 0 aliphatic carbocycles. The molecule has 0 aromatic carbocycles. The van der Waals surface area contributed by atoms with Crippen molar-refractivity contribution in [2.24, 2.45) is 5.92 Å². The van der Waals surface area contributed by atoms with Crippen LogP contribution in [-0.4, -0.2) is 24.8 Å². The van der Waals surface area contributed by atoms with E-state index in [2.05, 4.69) is 5.06 Å². The van der Waals surface area contributed by atoms with E-state index in [-0.39, 0.29) is 0 Å². The van der Waals surface area contributed by atoms with Crippen molar-refractivity contribution in [3.8, 4) is 0 Å². The first kappa shape index (κ1) is 6.62. The molecule has 0 spiro atoms. The molecule has 0 aromatic rings. The summed E-state index contributed by atoms with van der Waals surface area (Å²) in [5.74, 6) is 0.965. The summed E-state index contributed by atoms with van der Waals surface area (Å²) < 4.78 is 0. The molecule has 2 atom stereocenters. The fraction of sp³-hybridized carbons (Fsp3) is 1.00. The molecular formula is C8H15NO. The number of nitrogens with zero attached hydrogens (tertiary/aromatic N) is 1. The van der Waals surface area contributed by atoms with Crippen molar-refractivity contribution < 1.29 is 4.84 Å². The van der Waals surface area contributed by atoms with Gasteiger partial charge in [-0.3, -0.25) is 4.84 Å². The number of hydrogen-bond donors (Lipinski definition) is 0. The van der Waals surface area contributed by atoms with E-state index >= 15 is 0 Å². The molecule has 0 aromatic heterocycles. The fourth-order valence-corrected chi connectivity index (χ4v) is 1.91. The Morgan fingerprint density at radius 3 is 3.10 bits per heavy atom. The van der Waals surface area contributed by atoms with E-state index in [9.17, 15) is 0 Å². The highest BCUT2D eigenvalue weighted by atomic mass is 16.7. The zero-order valence-corrected chi connectivity index (χ0v) is 6.38. The first-order valence-corrected chi connectivity index (χ1v) is 4.33. The molecule has 10 heavy (non-hydrogen) atoms. The third-order valence-electron chi connectivity index (χ3n) is 2.61. The van der Waals surface area contributed by atoms with Gasteiger partial charge in [0.25, 0.3) is 0 Å². The molecule has 2 bridgehead atoms. The lowest BCUT2D eigenvalue weighted by Gasteiger charge is -2.18. The van der Waals surface area contributed by atoms with Gasteiger partial charge < -0.3 is 0 Å². The van der Waals surface area contributed by atoms with Gasteiger partial charge in [0.2, 0.25) is 0 Å². The molecular weight excluding hydrogens is 126 g/mol. The highest BCUT2D eigenvalue weighted by Gasteiger charge is 2.20. The molecule has 2 saturated heterocycles. The van der Waals surface area contributed by atoms with Crippen LogP contribution in [0.3, 0.4) is 0 Å². The topological polar surface area (TPSA) is 12.5 Å². The zero-order valence-electron chi connectivity index (χ0n) is 6.38. The summed E-state index contributed by atoms with van der Waals surface area (Å²) >= 11 is 0. The van der Waals surface area contributed by atoms with Crippen LogP contribution in [-0.2, 0) is 4.84 Å². The molecule has 0 amide bonds. The van der Waals surface area contributed by atoms with Gasteiger partial charge in [0.1, 0.15) is 0 Å². The van der Waals surface area contributed by atoms with Gasteiger partial charge in [-0.15, -0.1) is 0 Å². The lowest BCUT2D eigenvalue weighted by Crippen LogP contribution is -2.24. The molecule has 2 fully saturated rings. The highest BCUT2D eigenvalue weighted by molar-refractivity contribution is 4.68. The predicted molar refractivity (Wildman–Crippen MR) is 39.5 cm³/mol. The average molecular weight is 141 g/mol. The Hall–Kier alpha value is -0.0800. The van der Waals surface area contributed by atoms with Gasteiger partial charge in [-0.25, -0.2) is 0 Å². The van der Waals surface area contributed by atoms with Crippen LogP contribution in [0, 0.1) is 5.92 Å². The smallest absolute Gasteiger partial charge is 0.0687 e. The van der Waals surface area contributed by atoms with E-state index in [1.54, 1.807) is 0 Å². The SMILES string of the molecule is C1CC2CCON(C1)CC2. The van der Waals surface area contributed by atoms with Crippen molar-refractivity contribution >= 4 is 0 Å². The van der Waals surface area contributed by atoms with E-state index in [1.807, 2.05) is 0 Å². The minimum absolute atomic E-state index is 0.963. The summed E-state index contributed by atoms with van der Waals surface area (Å²) in [5.41, 5.74) is 0. The second-order valence-corrected chi connectivity index (χ2v) is 3.35. The van der Waals surface area contributed by atoms with E-state index in [1.165, 1.54) is 32.2 Å². The third kappa shape index (κ3) is 1.32. The van der Waals surface area contributed by atoms with Crippen molar-refractivity contribution in [3.05, 3.63) is 0 Å². The molecule has 2 unspecified atom stereocenters. The molecule has 2 rings (SSSR count). The van der Waals surface area contributed by atoms with Crippen molar-refractivity contribution in [2.45, 2.75) is 25.7 Å². The summed E-state index contributed by atoms with van der Waals surface area (Å²) in [5, 5.41) is 2.15. The van der Waals surface area contributed by atoms with Gasteiger partial charge in [0, 0.05) is 13.1 Å². The van der Waals surface area contributed by atoms with Gasteiger partial charge in [0.15, 0.2) is 0 Å². The van der Waals surface area contributed by atoms with Gasteiger partial charge in [-0.05, 0) is 31.6 Å². The number of rotatable bonds is 0. The van der Waals surface area contributed by atoms with Gasteiger partial charge in [-0.2, -0.15) is 5.06 Å². The Labute approximate surface area is 62.1 Å². The van der Waals surface area contributed by atoms with Crippen LogP contribution in [0.15, 0.2) is 0 Å². The second-order valence-electron chi connectivity index (χ2n) is 3.35. The summed E-state index contributed by atoms with van der Waals surface area (Å²) in [6.07, 6.45) is 5.42. The molecule has 2 heterocycles. The minimum atomic E-state index is 0.963. The van der Waals surface area contributed by atoms with Crippen LogP contribution >= 0.6 is 0 Å². The van der Waals surface area contributed by atoms with E-state index in [4.69, 9.17) is 4.84 Å². The van der Waals surface area contributed by atoms with Crippen LogP contribution in [0.5, 0.6) is 0 Å². The largest absolute Gasteiger partial charge is 0.299 e. The quantitative estimate of drug-likeness (QED) is 0.506. The van der Waals surface area contributed by atoms with E-state index < -0.39 is 0 Å². The second kappa shape index (κ2) is 2.89. The molecule has 0 N–H and O–H groups in total. The van der Waals surface area contributed by atoms with Gasteiger partial charge in [-0.1, -0.05) is 0 Å². The van der Waals surface area contributed by atoms with Crippen molar-refractivity contribution in [1.29, 1.82) is 0 Å². The normalized spacial score (nSPS) is 40.8. The Morgan fingerprint density at radius 2 is 2.10 bits per heavy atom. The van der Waals surface area contributed by atoms with Crippen LogP contribution in [0.2, 0.25) is 0 Å². The van der Waals surface area contributed by atoms with E-state index in [0.29, 0.717) is 0 Å². The first-order chi connectivity index (χ1) is 4.95. The maximum Gasteiger partial charge on any atom is 0.0687 e. The standard InChI is InChI=1S/C8H15NO/c1-2-8-3-6-9(5-1)10-7-4-8/h8H,1-7H2. The van der Waals surface area contributed by atoms with Gasteiger partial charge in [0.05, 0.1) is 6.61 Å². The highest BCUT2D eigenvalue weighted by Crippen LogP contribution is 2.23. The van der Waals surface area contributed by atoms with Crippen molar-refractivity contribution in [3.63, 3.8) is 0 Å². The van der Waals surface area contributed by atoms with Crippen LogP contribution in [0.4, 0.5) is 0 Å². The Morgan fingerprint density at radius 1 is 1.10 bits per heavy atom. The van der Waals surface area contributed by atoms with Crippen LogP contribution in [0.1, 0.15) is 25.7 Å². The fourth-order valence-electron chi connectivity index (χ4n) is 1.91. The molecule has 0 radical (unpaired) electrons. The number of hydroxylamine groups is 2. The predicted octanol–water partition coefficient (Wildman–Crippen LogP) is 1.42. The summed E-state index contributed by atoms with van der Waals surface area (Å²) in [7, 11) is 0. The van der Waals surface area contributed by atoms with Crippen molar-refractivity contribution in [2.75, 3.05) is 19.7 Å². The first-order valence-electron chi connectivity index (χ1n) is 4.33. The minimum Gasteiger partial charge on any atom is -0.299 e. The summed E-state index contributed by atoms with van der Waals surface area (Å²) in [4.78, 5) is 5.51. The molecule has 58 valence electrons. The summed E-state index contributed by atoms with van der Waals surface area (Å²) in [6.45, 7) is 3.30. The van der Waals surface area contributed by atoms with Gasteiger partial charge >= 0.3 is 0 Å². The van der Waals surface area contributed by atoms with Crippen LogP contribution in [0.25, 0.3) is 0 Å². The van der Waals surface area contributed by atoms with E-state index in [0.717, 1.165) is 19.1 Å². The molecule has 2 aliphatic rings. The zero-order chi connectivity index (χ0) is 6.81. The molecule has 0 saturated carbocycles. The monoisotopic (exact) mass is 141 g/mol. The molecule has 2 nitrogen and oxygen atoms in total. The maximum atomic E-state index is 5.51. The van der Waals surface area contributed by atoms with Crippen molar-refractivity contribution in [1.82, 2.24) is 5.06 Å². The Bertz CT molecular complexity index is 93.8. The summed E-state index contributed by atoms with van der Waals surface area (Å²) in [6, 6.07) is 0.